The Balaban J connectivity index is 0.00000225. The van der Waals surface area contributed by atoms with E-state index in [1.54, 1.807) is 7.11 Å². The van der Waals surface area contributed by atoms with Crippen molar-refractivity contribution in [1.29, 1.82) is 0 Å². The minimum atomic E-state index is 0. The Hall–Kier alpha value is -0.880. The molecule has 1 aromatic heterocycles. The van der Waals surface area contributed by atoms with Gasteiger partial charge in [-0.25, -0.2) is 4.98 Å². The van der Waals surface area contributed by atoms with Crippen LogP contribution in [0, 0.1) is 5.92 Å². The molecular weight excluding hydrogens is 336 g/mol. The Labute approximate surface area is 158 Å². The quantitative estimate of drug-likeness (QED) is 0.725. The van der Waals surface area contributed by atoms with Crippen molar-refractivity contribution in [3.63, 3.8) is 0 Å². The highest BCUT2D eigenvalue weighted by molar-refractivity contribution is 5.85. The van der Waals surface area contributed by atoms with Crippen molar-refractivity contribution in [3.05, 3.63) is 23.9 Å². The number of hydrogen-bond donors (Lipinski definition) is 1. The lowest BCUT2D eigenvalue weighted by Gasteiger charge is -2.32. The lowest BCUT2D eigenvalue weighted by atomic mass is 10.0. The van der Waals surface area contributed by atoms with Gasteiger partial charge in [-0.05, 0) is 62.9 Å². The van der Waals surface area contributed by atoms with E-state index >= 15 is 0 Å². The van der Waals surface area contributed by atoms with Crippen LogP contribution in [0.2, 0.25) is 0 Å². The molecule has 1 N–H and O–H groups in total. The fourth-order valence-electron chi connectivity index (χ4n) is 3.29. The molecule has 1 aromatic rings. The summed E-state index contributed by atoms with van der Waals surface area (Å²) in [6, 6.07) is 5.06. The van der Waals surface area contributed by atoms with Crippen LogP contribution in [0.3, 0.4) is 0 Å². The van der Waals surface area contributed by atoms with Gasteiger partial charge in [0, 0.05) is 39.5 Å². The van der Waals surface area contributed by atoms with Crippen molar-refractivity contribution in [2.75, 3.05) is 51.8 Å². The summed E-state index contributed by atoms with van der Waals surface area (Å²) in [6.07, 6.45) is 7.46. The van der Waals surface area contributed by atoms with Crippen LogP contribution in [0.5, 0.6) is 0 Å². The highest BCUT2D eigenvalue weighted by atomic mass is 35.5. The van der Waals surface area contributed by atoms with Crippen LogP contribution >= 0.6 is 12.4 Å². The molecule has 3 rings (SSSR count). The number of hydrogen-bond acceptors (Lipinski definition) is 5. The highest BCUT2D eigenvalue weighted by Crippen LogP contribution is 2.28. The number of piperidine rings is 1. The summed E-state index contributed by atoms with van der Waals surface area (Å²) in [5, 5.41) is 3.75. The smallest absolute Gasteiger partial charge is 0.128 e. The van der Waals surface area contributed by atoms with E-state index in [9.17, 15) is 0 Å². The van der Waals surface area contributed by atoms with Gasteiger partial charge in [-0.15, -0.1) is 12.4 Å². The minimum absolute atomic E-state index is 0. The number of likely N-dealkylation sites (tertiary alicyclic amines) is 1. The van der Waals surface area contributed by atoms with E-state index in [0.717, 1.165) is 37.5 Å². The maximum absolute atomic E-state index is 5.12. The number of ether oxygens (including phenoxy) is 1. The molecule has 2 heterocycles. The summed E-state index contributed by atoms with van der Waals surface area (Å²) in [5.41, 5.74) is 1.31. The first-order valence-electron chi connectivity index (χ1n) is 9.35. The second kappa shape index (κ2) is 10.3. The van der Waals surface area contributed by atoms with Crippen LogP contribution in [0.15, 0.2) is 18.3 Å². The first-order valence-corrected chi connectivity index (χ1v) is 9.35. The topological polar surface area (TPSA) is 40.6 Å². The summed E-state index contributed by atoms with van der Waals surface area (Å²) in [4.78, 5) is 9.28. The Morgan fingerprint density at radius 3 is 2.60 bits per heavy atom. The third-order valence-corrected chi connectivity index (χ3v) is 5.22. The standard InChI is InChI=1S/C19H32N4O.ClH/c1-22(11-12-24-2)19-6-5-17(14-21-19)15-23-9-7-18(8-10-23)20-13-16-3-4-16;/h5-6,14,16,18,20H,3-4,7-13,15H2,1-2H3;1H. The van der Waals surface area contributed by atoms with Crippen molar-refractivity contribution < 1.29 is 4.74 Å². The average Bonchev–Trinajstić information content (AvgIpc) is 3.44. The second-order valence-electron chi connectivity index (χ2n) is 7.34. The second-order valence-corrected chi connectivity index (χ2v) is 7.34. The third kappa shape index (κ3) is 6.74. The molecule has 0 unspecified atom stereocenters. The highest BCUT2D eigenvalue weighted by Gasteiger charge is 2.24. The van der Waals surface area contributed by atoms with Gasteiger partial charge in [-0.3, -0.25) is 4.90 Å². The molecule has 0 amide bonds. The molecule has 142 valence electrons. The zero-order chi connectivity index (χ0) is 16.8. The van der Waals surface area contributed by atoms with Gasteiger partial charge in [0.05, 0.1) is 6.61 Å². The third-order valence-electron chi connectivity index (χ3n) is 5.22. The Morgan fingerprint density at radius 1 is 1.24 bits per heavy atom. The zero-order valence-corrected chi connectivity index (χ0v) is 16.4. The lowest BCUT2D eigenvalue weighted by Crippen LogP contribution is -2.42. The van der Waals surface area contributed by atoms with E-state index in [4.69, 9.17) is 4.74 Å². The molecule has 0 aromatic carbocycles. The maximum Gasteiger partial charge on any atom is 0.128 e. The molecule has 1 saturated carbocycles. The van der Waals surface area contributed by atoms with E-state index in [0.29, 0.717) is 0 Å². The van der Waals surface area contributed by atoms with Crippen molar-refractivity contribution in [2.45, 2.75) is 38.3 Å². The summed E-state index contributed by atoms with van der Waals surface area (Å²) in [6.45, 7) is 6.24. The van der Waals surface area contributed by atoms with Crippen molar-refractivity contribution >= 4 is 18.2 Å². The van der Waals surface area contributed by atoms with Gasteiger partial charge in [0.25, 0.3) is 0 Å². The number of halogens is 1. The van der Waals surface area contributed by atoms with Crippen molar-refractivity contribution in [1.82, 2.24) is 15.2 Å². The molecule has 2 fully saturated rings. The van der Waals surface area contributed by atoms with Crippen LogP contribution in [-0.4, -0.2) is 62.9 Å². The number of aromatic nitrogens is 1. The number of nitrogens with one attached hydrogen (secondary N) is 1. The van der Waals surface area contributed by atoms with E-state index in [2.05, 4.69) is 39.3 Å². The van der Waals surface area contributed by atoms with Gasteiger partial charge in [0.15, 0.2) is 0 Å². The van der Waals surface area contributed by atoms with Crippen LogP contribution in [0.25, 0.3) is 0 Å². The van der Waals surface area contributed by atoms with E-state index in [-0.39, 0.29) is 12.4 Å². The van der Waals surface area contributed by atoms with Gasteiger partial charge < -0.3 is 15.0 Å². The lowest BCUT2D eigenvalue weighted by molar-refractivity contribution is 0.190. The average molecular weight is 369 g/mol. The number of methoxy groups -OCH3 is 1. The predicted octanol–water partition coefficient (Wildman–Crippen LogP) is 2.55. The number of anilines is 1. The monoisotopic (exact) mass is 368 g/mol. The molecule has 0 atom stereocenters. The van der Waals surface area contributed by atoms with Gasteiger partial charge in [-0.1, -0.05) is 6.07 Å². The van der Waals surface area contributed by atoms with Crippen LogP contribution < -0.4 is 10.2 Å². The Bertz CT molecular complexity index is 487. The SMILES string of the molecule is COCCN(C)c1ccc(CN2CCC(NCC3CC3)CC2)cn1.Cl. The van der Waals surface area contributed by atoms with E-state index in [1.807, 2.05) is 6.20 Å². The van der Waals surface area contributed by atoms with E-state index < -0.39 is 0 Å². The van der Waals surface area contributed by atoms with Gasteiger partial charge in [-0.2, -0.15) is 0 Å². The Morgan fingerprint density at radius 2 is 2.00 bits per heavy atom. The van der Waals surface area contributed by atoms with Crippen LogP contribution in [0.1, 0.15) is 31.2 Å². The first-order chi connectivity index (χ1) is 11.7. The number of likely N-dealkylation sites (N-methyl/N-ethyl adjacent to an activating group) is 1. The Kier molecular flexibility index (Phi) is 8.43. The molecule has 0 spiro atoms. The van der Waals surface area contributed by atoms with E-state index in [1.165, 1.54) is 50.9 Å². The van der Waals surface area contributed by atoms with Crippen molar-refractivity contribution in [3.8, 4) is 0 Å². The molecule has 5 nitrogen and oxygen atoms in total. The van der Waals surface area contributed by atoms with Gasteiger partial charge in [0.1, 0.15) is 5.82 Å². The minimum Gasteiger partial charge on any atom is -0.383 e. The molecule has 6 heteroatoms. The summed E-state index contributed by atoms with van der Waals surface area (Å²) >= 11 is 0. The number of pyridine rings is 1. The summed E-state index contributed by atoms with van der Waals surface area (Å²) in [5.74, 6) is 1.99. The molecule has 1 aliphatic carbocycles. The maximum atomic E-state index is 5.12. The predicted molar refractivity (Wildman–Crippen MR) is 106 cm³/mol. The zero-order valence-electron chi connectivity index (χ0n) is 15.6. The number of nitrogens with zero attached hydrogens (tertiary/aromatic N) is 3. The normalized spacial score (nSPS) is 18.8. The van der Waals surface area contributed by atoms with Crippen LogP contribution in [-0.2, 0) is 11.3 Å². The summed E-state index contributed by atoms with van der Waals surface area (Å²) < 4.78 is 5.12. The molecule has 1 aliphatic heterocycles. The molecular formula is C19H33ClN4O. The molecule has 25 heavy (non-hydrogen) atoms. The molecule has 0 bridgehead atoms. The van der Waals surface area contributed by atoms with Gasteiger partial charge >= 0.3 is 0 Å². The number of rotatable bonds is 9. The largest absolute Gasteiger partial charge is 0.383 e. The van der Waals surface area contributed by atoms with Crippen molar-refractivity contribution in [2.24, 2.45) is 5.92 Å². The fraction of sp³-hybridized carbons (Fsp3) is 0.737. The van der Waals surface area contributed by atoms with Crippen LogP contribution in [0.4, 0.5) is 5.82 Å². The fourth-order valence-corrected chi connectivity index (χ4v) is 3.29. The molecule has 2 aliphatic rings. The molecule has 1 saturated heterocycles. The first kappa shape index (κ1) is 20.4. The van der Waals surface area contributed by atoms with Gasteiger partial charge in [0.2, 0.25) is 0 Å². The molecule has 0 radical (unpaired) electrons. The summed E-state index contributed by atoms with van der Waals surface area (Å²) in [7, 11) is 3.79.